The van der Waals surface area contributed by atoms with Gasteiger partial charge in [-0.05, 0) is 66.4 Å². The lowest BCUT2D eigenvalue weighted by atomic mass is 9.93. The van der Waals surface area contributed by atoms with Crippen LogP contribution in [-0.4, -0.2) is 27.4 Å². The number of ether oxygens (including phenoxy) is 1. The number of fused-ring (bicyclic) bond motifs is 1. The van der Waals surface area contributed by atoms with E-state index >= 15 is 0 Å². The molecular formula is C34H29FN4O3S. The number of allylic oxidation sites excluding steroid dienone is 1. The van der Waals surface area contributed by atoms with Crippen molar-refractivity contribution in [2.24, 2.45) is 4.99 Å². The Morgan fingerprint density at radius 1 is 1.02 bits per heavy atom. The Morgan fingerprint density at radius 3 is 2.37 bits per heavy atom. The summed E-state index contributed by atoms with van der Waals surface area (Å²) < 4.78 is 22.6. The molecule has 0 bridgehead atoms. The summed E-state index contributed by atoms with van der Waals surface area (Å²) >= 11 is 1.24. The molecule has 0 spiro atoms. The Hall–Kier alpha value is -4.89. The fraction of sp³-hybridized carbons (Fsp3) is 0.176. The summed E-state index contributed by atoms with van der Waals surface area (Å²) in [7, 11) is 1.33. The number of benzene rings is 3. The SMILES string of the molecule is COC(=O)C1=C(C)N=c2s/c(=C/c3cn(-c4ccccc4)nc3-c3ccc(F)cc3)c(=O)n2[C@H]1c1ccc(C(C)C)cc1. The maximum absolute atomic E-state index is 14.1. The Morgan fingerprint density at radius 2 is 1.72 bits per heavy atom. The highest BCUT2D eigenvalue weighted by Gasteiger charge is 2.33. The van der Waals surface area contributed by atoms with E-state index in [1.54, 1.807) is 34.4 Å². The van der Waals surface area contributed by atoms with Gasteiger partial charge in [0.1, 0.15) is 11.5 Å². The van der Waals surface area contributed by atoms with Gasteiger partial charge in [0.25, 0.3) is 5.56 Å². The van der Waals surface area contributed by atoms with E-state index in [4.69, 9.17) is 9.84 Å². The first kappa shape index (κ1) is 28.2. The van der Waals surface area contributed by atoms with E-state index in [0.29, 0.717) is 43.3 Å². The minimum absolute atomic E-state index is 0.284. The molecule has 0 amide bonds. The van der Waals surface area contributed by atoms with E-state index in [9.17, 15) is 14.0 Å². The lowest BCUT2D eigenvalue weighted by molar-refractivity contribution is -0.136. The van der Waals surface area contributed by atoms with Gasteiger partial charge in [0.15, 0.2) is 4.80 Å². The van der Waals surface area contributed by atoms with Crippen LogP contribution in [0.2, 0.25) is 0 Å². The highest BCUT2D eigenvalue weighted by atomic mass is 32.1. The molecule has 2 aromatic heterocycles. The lowest BCUT2D eigenvalue weighted by Gasteiger charge is -2.24. The molecule has 0 unspecified atom stereocenters. The molecule has 7 nitrogen and oxygen atoms in total. The highest BCUT2D eigenvalue weighted by molar-refractivity contribution is 7.07. The Bertz CT molecular complexity index is 2040. The first-order valence-electron chi connectivity index (χ1n) is 13.9. The summed E-state index contributed by atoms with van der Waals surface area (Å²) in [5, 5.41) is 4.80. The van der Waals surface area contributed by atoms with Crippen molar-refractivity contribution in [2.45, 2.75) is 32.7 Å². The third kappa shape index (κ3) is 5.28. The first-order chi connectivity index (χ1) is 20.7. The zero-order chi connectivity index (χ0) is 30.2. The Labute approximate surface area is 251 Å². The van der Waals surface area contributed by atoms with Crippen LogP contribution in [0.3, 0.4) is 0 Å². The predicted molar refractivity (Wildman–Crippen MR) is 165 cm³/mol. The number of carbonyl (C=O) groups excluding carboxylic acids is 1. The number of hydrogen-bond donors (Lipinski definition) is 0. The van der Waals surface area contributed by atoms with Crippen molar-refractivity contribution in [3.05, 3.63) is 139 Å². The average molecular weight is 593 g/mol. The van der Waals surface area contributed by atoms with Gasteiger partial charge in [-0.2, -0.15) is 5.10 Å². The van der Waals surface area contributed by atoms with Gasteiger partial charge in [-0.1, -0.05) is 67.6 Å². The summed E-state index contributed by atoms with van der Waals surface area (Å²) in [6.07, 6.45) is 3.63. The molecule has 1 atom stereocenters. The molecule has 5 aromatic rings. The molecule has 0 aliphatic carbocycles. The molecular weight excluding hydrogens is 563 g/mol. The largest absolute Gasteiger partial charge is 0.466 e. The van der Waals surface area contributed by atoms with Crippen molar-refractivity contribution in [3.8, 4) is 16.9 Å². The van der Waals surface area contributed by atoms with E-state index in [0.717, 1.165) is 16.8 Å². The van der Waals surface area contributed by atoms with Crippen LogP contribution in [0.5, 0.6) is 0 Å². The number of nitrogens with zero attached hydrogens (tertiary/aromatic N) is 4. The van der Waals surface area contributed by atoms with E-state index in [1.807, 2.05) is 60.8 Å². The van der Waals surface area contributed by atoms with Crippen molar-refractivity contribution in [2.75, 3.05) is 7.11 Å². The third-order valence-corrected chi connectivity index (χ3v) is 8.50. The molecule has 1 aliphatic rings. The summed E-state index contributed by atoms with van der Waals surface area (Å²) in [6, 6.07) is 23.0. The molecule has 43 heavy (non-hydrogen) atoms. The summed E-state index contributed by atoms with van der Waals surface area (Å²) in [5.41, 5.74) is 5.31. The van der Waals surface area contributed by atoms with E-state index in [-0.39, 0.29) is 11.4 Å². The second-order valence-corrected chi connectivity index (χ2v) is 11.6. The van der Waals surface area contributed by atoms with Crippen LogP contribution in [0.1, 0.15) is 49.4 Å². The fourth-order valence-corrected chi connectivity index (χ4v) is 6.29. The number of thiazole rings is 1. The molecule has 6 rings (SSSR count). The van der Waals surface area contributed by atoms with Crippen LogP contribution < -0.4 is 14.9 Å². The number of aromatic nitrogens is 3. The van der Waals surface area contributed by atoms with Crippen molar-refractivity contribution in [1.82, 2.24) is 14.3 Å². The molecule has 216 valence electrons. The number of esters is 1. The minimum atomic E-state index is -0.698. The second-order valence-electron chi connectivity index (χ2n) is 10.6. The van der Waals surface area contributed by atoms with Crippen molar-refractivity contribution in [3.63, 3.8) is 0 Å². The van der Waals surface area contributed by atoms with Crippen molar-refractivity contribution in [1.29, 1.82) is 0 Å². The van der Waals surface area contributed by atoms with E-state index in [1.165, 1.54) is 30.6 Å². The van der Waals surface area contributed by atoms with Gasteiger partial charge in [0.2, 0.25) is 0 Å². The van der Waals surface area contributed by atoms with Crippen LogP contribution in [0, 0.1) is 5.82 Å². The molecule has 9 heteroatoms. The molecule has 0 saturated carbocycles. The Kier molecular flexibility index (Phi) is 7.50. The van der Waals surface area contributed by atoms with Gasteiger partial charge in [0, 0.05) is 17.3 Å². The van der Waals surface area contributed by atoms with Crippen LogP contribution >= 0.6 is 11.3 Å². The van der Waals surface area contributed by atoms with Crippen LogP contribution in [0.25, 0.3) is 23.0 Å². The molecule has 3 aromatic carbocycles. The summed E-state index contributed by atoms with van der Waals surface area (Å²) in [5.74, 6) is -0.545. The number of rotatable bonds is 6. The van der Waals surface area contributed by atoms with E-state index < -0.39 is 12.0 Å². The van der Waals surface area contributed by atoms with Gasteiger partial charge in [0.05, 0.1) is 34.6 Å². The van der Waals surface area contributed by atoms with Gasteiger partial charge in [-0.3, -0.25) is 9.36 Å². The summed E-state index contributed by atoms with van der Waals surface area (Å²) in [4.78, 5) is 32.3. The standard InChI is InChI=1S/C34H29FN4O3S/c1-20(2)22-10-12-24(13-11-22)31-29(33(41)42-4)21(3)36-34-39(31)32(40)28(43-34)18-25-19-38(27-8-6-5-7-9-27)37-30(25)23-14-16-26(35)17-15-23/h5-20,31H,1-4H3/b28-18+/t31-/m0/s1. The minimum Gasteiger partial charge on any atom is -0.466 e. The van der Waals surface area contributed by atoms with Crippen LogP contribution in [0.15, 0.2) is 106 Å². The van der Waals surface area contributed by atoms with Gasteiger partial charge < -0.3 is 4.74 Å². The van der Waals surface area contributed by atoms with Crippen molar-refractivity contribution < 1.29 is 13.9 Å². The molecule has 1 aliphatic heterocycles. The number of hydrogen-bond acceptors (Lipinski definition) is 6. The maximum Gasteiger partial charge on any atom is 0.338 e. The maximum atomic E-state index is 14.1. The Balaban J connectivity index is 1.55. The zero-order valence-corrected chi connectivity index (χ0v) is 24.9. The highest BCUT2D eigenvalue weighted by Crippen LogP contribution is 2.31. The molecule has 0 fully saturated rings. The van der Waals surface area contributed by atoms with Crippen molar-refractivity contribution >= 4 is 23.4 Å². The van der Waals surface area contributed by atoms with Crippen LogP contribution in [0.4, 0.5) is 4.39 Å². The van der Waals surface area contributed by atoms with E-state index in [2.05, 4.69) is 18.8 Å². The molecule has 0 radical (unpaired) electrons. The molecule has 3 heterocycles. The summed E-state index contributed by atoms with van der Waals surface area (Å²) in [6.45, 7) is 5.99. The van der Waals surface area contributed by atoms with Gasteiger partial charge >= 0.3 is 5.97 Å². The topological polar surface area (TPSA) is 78.5 Å². The monoisotopic (exact) mass is 592 g/mol. The number of halogens is 1. The lowest BCUT2D eigenvalue weighted by Crippen LogP contribution is -2.39. The quantitative estimate of drug-likeness (QED) is 0.243. The van der Waals surface area contributed by atoms with Gasteiger partial charge in [-0.15, -0.1) is 0 Å². The number of methoxy groups -OCH3 is 1. The molecule has 0 N–H and O–H groups in total. The zero-order valence-electron chi connectivity index (χ0n) is 24.1. The number of carbonyl (C=O) groups is 1. The first-order valence-corrected chi connectivity index (χ1v) is 14.7. The predicted octanol–water partition coefficient (Wildman–Crippen LogP) is 5.52. The third-order valence-electron chi connectivity index (χ3n) is 7.51. The second kappa shape index (κ2) is 11.4. The van der Waals surface area contributed by atoms with Crippen LogP contribution in [-0.2, 0) is 9.53 Å². The smallest absolute Gasteiger partial charge is 0.338 e. The normalized spacial score (nSPS) is 15.0. The number of para-hydroxylation sites is 1. The fourth-order valence-electron chi connectivity index (χ4n) is 5.25. The van der Waals surface area contributed by atoms with Gasteiger partial charge in [-0.25, -0.2) is 18.9 Å². The average Bonchev–Trinajstić information content (AvgIpc) is 3.57. The molecule has 0 saturated heterocycles.